The van der Waals surface area contributed by atoms with Gasteiger partial charge in [0.25, 0.3) is 0 Å². The fourth-order valence-electron chi connectivity index (χ4n) is 2.79. The highest BCUT2D eigenvalue weighted by Crippen LogP contribution is 2.32. The molecule has 2 aromatic carbocycles. The van der Waals surface area contributed by atoms with Crippen molar-refractivity contribution in [3.8, 4) is 5.69 Å². The maximum absolute atomic E-state index is 12.8. The van der Waals surface area contributed by atoms with Crippen LogP contribution in [-0.4, -0.2) is 9.13 Å². The van der Waals surface area contributed by atoms with Crippen molar-refractivity contribution in [1.29, 1.82) is 0 Å². The summed E-state index contributed by atoms with van der Waals surface area (Å²) in [6, 6.07) is 15.4. The fraction of sp³-hybridized carbons (Fsp3) is 0.235. The third-order valence-electron chi connectivity index (χ3n) is 4.04. The van der Waals surface area contributed by atoms with Crippen LogP contribution in [0.25, 0.3) is 16.7 Å². The quantitative estimate of drug-likeness (QED) is 0.721. The Hall–Kier alpha value is -2.00. The first-order valence-corrected chi connectivity index (χ1v) is 7.58. The van der Waals surface area contributed by atoms with Crippen LogP contribution < -0.4 is 5.69 Å². The number of rotatable bonds is 3. The third-order valence-corrected chi connectivity index (χ3v) is 4.28. The first kappa shape index (κ1) is 12.7. The Balaban J connectivity index is 2.02. The van der Waals surface area contributed by atoms with Crippen molar-refractivity contribution in [2.75, 3.05) is 0 Å². The summed E-state index contributed by atoms with van der Waals surface area (Å²) in [6.07, 6.45) is 2.44. The Bertz CT molecular complexity index is 860. The molecule has 0 aliphatic heterocycles. The second-order valence-corrected chi connectivity index (χ2v) is 6.08. The number of imidazole rings is 1. The number of fused-ring (bicyclic) bond motifs is 1. The van der Waals surface area contributed by atoms with Crippen molar-refractivity contribution in [3.63, 3.8) is 0 Å². The molecule has 1 aliphatic rings. The molecule has 0 atom stereocenters. The van der Waals surface area contributed by atoms with Gasteiger partial charge in [-0.05, 0) is 49.1 Å². The van der Waals surface area contributed by atoms with Gasteiger partial charge in [0, 0.05) is 11.6 Å². The van der Waals surface area contributed by atoms with Crippen LogP contribution in [-0.2, 0) is 6.54 Å². The van der Waals surface area contributed by atoms with Crippen molar-refractivity contribution < 1.29 is 0 Å². The number of halogens is 1. The Labute approximate surface area is 127 Å². The van der Waals surface area contributed by atoms with Gasteiger partial charge in [0.15, 0.2) is 0 Å². The van der Waals surface area contributed by atoms with Gasteiger partial charge < -0.3 is 0 Å². The maximum Gasteiger partial charge on any atom is 0.333 e. The first-order chi connectivity index (χ1) is 10.2. The highest BCUT2D eigenvalue weighted by molar-refractivity contribution is 6.31. The minimum atomic E-state index is 0.0189. The molecular formula is C17H15ClN2O. The van der Waals surface area contributed by atoms with Crippen LogP contribution >= 0.6 is 11.6 Å². The normalized spacial score (nSPS) is 14.7. The summed E-state index contributed by atoms with van der Waals surface area (Å²) in [5, 5.41) is 0.649. The van der Waals surface area contributed by atoms with E-state index in [9.17, 15) is 4.79 Å². The highest BCUT2D eigenvalue weighted by atomic mass is 35.5. The van der Waals surface area contributed by atoms with Gasteiger partial charge in [0.2, 0.25) is 0 Å². The van der Waals surface area contributed by atoms with Crippen LogP contribution in [0.5, 0.6) is 0 Å². The summed E-state index contributed by atoms with van der Waals surface area (Å²) in [5.41, 5.74) is 2.73. The van der Waals surface area contributed by atoms with Crippen LogP contribution in [0.3, 0.4) is 0 Å². The van der Waals surface area contributed by atoms with Crippen LogP contribution in [0.4, 0.5) is 0 Å². The molecule has 1 aliphatic carbocycles. The second-order valence-electron chi connectivity index (χ2n) is 5.64. The maximum atomic E-state index is 12.8. The van der Waals surface area contributed by atoms with E-state index in [4.69, 9.17) is 11.6 Å². The Morgan fingerprint density at radius 3 is 2.52 bits per heavy atom. The van der Waals surface area contributed by atoms with Crippen LogP contribution in [0.15, 0.2) is 53.3 Å². The van der Waals surface area contributed by atoms with Crippen LogP contribution in [0.1, 0.15) is 12.8 Å². The number of para-hydroxylation sites is 1. The van der Waals surface area contributed by atoms with E-state index in [0.717, 1.165) is 23.3 Å². The number of hydrogen-bond acceptors (Lipinski definition) is 1. The topological polar surface area (TPSA) is 26.9 Å². The molecule has 106 valence electrons. The standard InChI is InChI=1S/C17H15ClN2O/c18-13-8-9-15-16(10-13)20(14-4-2-1-3-5-14)17(21)19(15)11-12-6-7-12/h1-5,8-10,12H,6-7,11H2. The highest BCUT2D eigenvalue weighted by Gasteiger charge is 2.25. The van der Waals surface area contributed by atoms with Gasteiger partial charge >= 0.3 is 5.69 Å². The van der Waals surface area contributed by atoms with Gasteiger partial charge in [-0.1, -0.05) is 29.8 Å². The molecule has 1 aromatic heterocycles. The monoisotopic (exact) mass is 298 g/mol. The zero-order valence-electron chi connectivity index (χ0n) is 11.5. The predicted octanol–water partition coefficient (Wildman–Crippen LogP) is 3.86. The van der Waals surface area contributed by atoms with Gasteiger partial charge in [0.05, 0.1) is 16.7 Å². The molecule has 0 saturated heterocycles. The molecule has 0 N–H and O–H groups in total. The van der Waals surface area contributed by atoms with Gasteiger partial charge in [-0.25, -0.2) is 4.79 Å². The molecule has 3 aromatic rings. The van der Waals surface area contributed by atoms with Crippen molar-refractivity contribution in [2.45, 2.75) is 19.4 Å². The predicted molar refractivity (Wildman–Crippen MR) is 85.3 cm³/mol. The van der Waals surface area contributed by atoms with E-state index in [1.165, 1.54) is 12.8 Å². The summed E-state index contributed by atoms with van der Waals surface area (Å²) in [7, 11) is 0. The molecule has 1 saturated carbocycles. The summed E-state index contributed by atoms with van der Waals surface area (Å²) in [5.74, 6) is 0.646. The molecule has 0 amide bonds. The molecule has 0 radical (unpaired) electrons. The van der Waals surface area contributed by atoms with Gasteiger partial charge in [-0.2, -0.15) is 0 Å². The largest absolute Gasteiger partial charge is 0.333 e. The lowest BCUT2D eigenvalue weighted by Crippen LogP contribution is -2.23. The molecule has 1 fully saturated rings. The number of hydrogen-bond donors (Lipinski definition) is 0. The van der Waals surface area contributed by atoms with Crippen molar-refractivity contribution in [2.24, 2.45) is 5.92 Å². The fourth-order valence-corrected chi connectivity index (χ4v) is 2.96. The number of aromatic nitrogens is 2. The van der Waals surface area contributed by atoms with E-state index >= 15 is 0 Å². The summed E-state index contributed by atoms with van der Waals surface area (Å²) < 4.78 is 3.64. The van der Waals surface area contributed by atoms with Crippen molar-refractivity contribution in [3.05, 3.63) is 64.0 Å². The summed E-state index contributed by atoms with van der Waals surface area (Å²) >= 11 is 6.13. The Kier molecular flexibility index (Phi) is 2.89. The molecule has 0 spiro atoms. The van der Waals surface area contributed by atoms with Gasteiger partial charge in [-0.3, -0.25) is 9.13 Å². The average molecular weight is 299 g/mol. The van der Waals surface area contributed by atoms with E-state index < -0.39 is 0 Å². The van der Waals surface area contributed by atoms with Crippen molar-refractivity contribution in [1.82, 2.24) is 9.13 Å². The van der Waals surface area contributed by atoms with E-state index in [2.05, 4.69) is 0 Å². The minimum Gasteiger partial charge on any atom is -0.291 e. The summed E-state index contributed by atoms with van der Waals surface area (Å²) in [6.45, 7) is 0.802. The second kappa shape index (κ2) is 4.78. The van der Waals surface area contributed by atoms with Gasteiger partial charge in [-0.15, -0.1) is 0 Å². The molecule has 3 nitrogen and oxygen atoms in total. The van der Waals surface area contributed by atoms with E-state index in [1.54, 1.807) is 4.57 Å². The zero-order valence-corrected chi connectivity index (χ0v) is 12.3. The lowest BCUT2D eigenvalue weighted by molar-refractivity contribution is 0.617. The molecule has 4 rings (SSSR count). The lowest BCUT2D eigenvalue weighted by atomic mass is 10.2. The first-order valence-electron chi connectivity index (χ1n) is 7.20. The molecular weight excluding hydrogens is 284 g/mol. The Morgan fingerprint density at radius 2 is 1.81 bits per heavy atom. The lowest BCUT2D eigenvalue weighted by Gasteiger charge is -2.02. The third kappa shape index (κ3) is 2.18. The molecule has 0 unspecified atom stereocenters. The number of benzene rings is 2. The van der Waals surface area contributed by atoms with Crippen LogP contribution in [0.2, 0.25) is 5.02 Å². The molecule has 4 heteroatoms. The van der Waals surface area contributed by atoms with Gasteiger partial charge in [0.1, 0.15) is 0 Å². The molecule has 21 heavy (non-hydrogen) atoms. The molecule has 1 heterocycles. The van der Waals surface area contributed by atoms with Crippen molar-refractivity contribution >= 4 is 22.6 Å². The molecule has 0 bridgehead atoms. The van der Waals surface area contributed by atoms with Crippen LogP contribution in [0, 0.1) is 5.92 Å². The number of nitrogens with zero attached hydrogens (tertiary/aromatic N) is 2. The zero-order chi connectivity index (χ0) is 14.4. The SMILES string of the molecule is O=c1n(CC2CC2)c2ccc(Cl)cc2n1-c1ccccc1. The average Bonchev–Trinajstić information content (AvgIpc) is 3.26. The minimum absolute atomic E-state index is 0.0189. The smallest absolute Gasteiger partial charge is 0.291 e. The Morgan fingerprint density at radius 1 is 1.05 bits per heavy atom. The van der Waals surface area contributed by atoms with E-state index in [0.29, 0.717) is 10.9 Å². The van der Waals surface area contributed by atoms with E-state index in [1.807, 2.05) is 53.1 Å². The van der Waals surface area contributed by atoms with E-state index in [-0.39, 0.29) is 5.69 Å². The summed E-state index contributed by atoms with van der Waals surface area (Å²) in [4.78, 5) is 12.8.